The Bertz CT molecular complexity index is 327. The van der Waals surface area contributed by atoms with Gasteiger partial charge in [0.1, 0.15) is 0 Å². The molecule has 0 bridgehead atoms. The molecule has 14 heavy (non-hydrogen) atoms. The van der Waals surface area contributed by atoms with Crippen molar-refractivity contribution in [1.82, 2.24) is 0 Å². The number of rotatable bonds is 0. The van der Waals surface area contributed by atoms with Crippen molar-refractivity contribution in [1.29, 1.82) is 0 Å². The first-order valence-electron chi connectivity index (χ1n) is 4.98. The largest absolute Gasteiger partial charge is 0.426 e. The van der Waals surface area contributed by atoms with E-state index in [1.807, 2.05) is 27.7 Å². The molecule has 2 aliphatic heterocycles. The van der Waals surface area contributed by atoms with E-state index in [0.29, 0.717) is 0 Å². The van der Waals surface area contributed by atoms with Crippen LogP contribution in [-0.4, -0.2) is 17.4 Å². The molecule has 0 aromatic heterocycles. The summed E-state index contributed by atoms with van der Waals surface area (Å²) in [6, 6.07) is 0. The normalized spacial score (nSPS) is 35.6. The molecule has 0 aromatic rings. The predicted molar refractivity (Wildman–Crippen MR) is 51.6 cm³/mol. The van der Waals surface area contributed by atoms with Crippen LogP contribution in [0, 0.1) is 0 Å². The highest BCUT2D eigenvalue weighted by atomic mass is 16.7. The fourth-order valence-electron chi connectivity index (χ4n) is 2.28. The highest BCUT2D eigenvalue weighted by Crippen LogP contribution is 2.44. The summed E-state index contributed by atoms with van der Waals surface area (Å²) >= 11 is 0. The fraction of sp³-hybridized carbons (Fsp3) is 0.727. The summed E-state index contributed by atoms with van der Waals surface area (Å²) in [5, 5.41) is 0. The summed E-state index contributed by atoms with van der Waals surface area (Å²) in [6.07, 6.45) is 1.83. The second-order valence-corrected chi connectivity index (χ2v) is 4.80. The molecule has 0 amide bonds. The van der Waals surface area contributed by atoms with Gasteiger partial charge in [-0.1, -0.05) is 0 Å². The zero-order valence-corrected chi connectivity index (χ0v) is 9.14. The van der Waals surface area contributed by atoms with Crippen LogP contribution >= 0.6 is 0 Å². The van der Waals surface area contributed by atoms with E-state index in [2.05, 4.69) is 0 Å². The van der Waals surface area contributed by atoms with Crippen molar-refractivity contribution in [3.8, 4) is 0 Å². The van der Waals surface area contributed by atoms with E-state index >= 15 is 0 Å². The van der Waals surface area contributed by atoms with Crippen LogP contribution in [0.3, 0.4) is 0 Å². The number of carbonyl (C=O) groups excluding carboxylic acids is 1. The number of fused-ring (bicyclic) bond motifs is 1. The Kier molecular flexibility index (Phi) is 1.80. The van der Waals surface area contributed by atoms with E-state index < -0.39 is 5.79 Å². The lowest BCUT2D eigenvalue weighted by molar-refractivity contribution is -0.246. The number of esters is 1. The molecular formula is C11H16O3. The molecule has 0 unspecified atom stereocenters. The molecular weight excluding hydrogens is 180 g/mol. The smallest absolute Gasteiger partial charge is 0.336 e. The summed E-state index contributed by atoms with van der Waals surface area (Å²) in [7, 11) is 0. The molecule has 0 aromatic carbocycles. The maximum absolute atomic E-state index is 11.4. The van der Waals surface area contributed by atoms with Crippen LogP contribution in [0.5, 0.6) is 0 Å². The molecule has 1 atom stereocenters. The topological polar surface area (TPSA) is 35.5 Å². The Morgan fingerprint density at radius 2 is 1.93 bits per heavy atom. The molecule has 3 nitrogen and oxygen atoms in total. The van der Waals surface area contributed by atoms with Gasteiger partial charge in [-0.2, -0.15) is 0 Å². The van der Waals surface area contributed by atoms with E-state index in [0.717, 1.165) is 24.0 Å². The highest BCUT2D eigenvalue weighted by molar-refractivity contribution is 5.92. The van der Waals surface area contributed by atoms with Crippen molar-refractivity contribution < 1.29 is 14.3 Å². The van der Waals surface area contributed by atoms with E-state index in [-0.39, 0.29) is 11.6 Å². The highest BCUT2D eigenvalue weighted by Gasteiger charge is 2.49. The van der Waals surface area contributed by atoms with Crippen LogP contribution in [0.15, 0.2) is 11.1 Å². The third-order valence-electron chi connectivity index (χ3n) is 3.04. The molecule has 78 valence electrons. The lowest BCUT2D eigenvalue weighted by atomic mass is 9.88. The summed E-state index contributed by atoms with van der Waals surface area (Å²) in [6.45, 7) is 7.69. The molecule has 2 heterocycles. The zero-order valence-electron chi connectivity index (χ0n) is 9.14. The second-order valence-electron chi connectivity index (χ2n) is 4.80. The quantitative estimate of drug-likeness (QED) is 0.557. The minimum atomic E-state index is -0.803. The first-order valence-corrected chi connectivity index (χ1v) is 4.98. The third kappa shape index (κ3) is 1.27. The fourth-order valence-corrected chi connectivity index (χ4v) is 2.28. The van der Waals surface area contributed by atoms with Gasteiger partial charge in [0, 0.05) is 18.1 Å². The molecule has 1 saturated heterocycles. The zero-order chi connectivity index (χ0) is 10.6. The maximum atomic E-state index is 11.4. The Morgan fingerprint density at radius 1 is 1.29 bits per heavy atom. The van der Waals surface area contributed by atoms with Crippen molar-refractivity contribution in [2.75, 3.05) is 0 Å². The molecule has 0 N–H and O–H groups in total. The standard InChI is InChI=1S/C11H16O3/c1-7-8-5-6-10(2,3)14-11(8,4)13-9(7)12/h5-6H2,1-4H3/t11-/m1/s1. The first-order chi connectivity index (χ1) is 6.34. The number of hydrogen-bond acceptors (Lipinski definition) is 3. The van der Waals surface area contributed by atoms with Gasteiger partial charge in [0.15, 0.2) is 0 Å². The van der Waals surface area contributed by atoms with Crippen molar-refractivity contribution in [2.24, 2.45) is 0 Å². The molecule has 0 spiro atoms. The average Bonchev–Trinajstić information content (AvgIpc) is 2.19. The van der Waals surface area contributed by atoms with Gasteiger partial charge in [0.05, 0.1) is 5.60 Å². The summed E-state index contributed by atoms with van der Waals surface area (Å²) < 4.78 is 11.1. The van der Waals surface area contributed by atoms with Crippen molar-refractivity contribution >= 4 is 5.97 Å². The summed E-state index contributed by atoms with van der Waals surface area (Å²) in [5.41, 5.74) is 1.54. The minimum absolute atomic E-state index is 0.205. The van der Waals surface area contributed by atoms with Crippen LogP contribution in [0.1, 0.15) is 40.5 Å². The van der Waals surface area contributed by atoms with Crippen LogP contribution < -0.4 is 0 Å². The molecule has 0 radical (unpaired) electrons. The van der Waals surface area contributed by atoms with Gasteiger partial charge in [-0.3, -0.25) is 0 Å². The van der Waals surface area contributed by atoms with Gasteiger partial charge in [0.2, 0.25) is 5.79 Å². The van der Waals surface area contributed by atoms with Gasteiger partial charge < -0.3 is 9.47 Å². The lowest BCUT2D eigenvalue weighted by Crippen LogP contribution is -2.45. The summed E-state index contributed by atoms with van der Waals surface area (Å²) in [4.78, 5) is 11.4. The van der Waals surface area contributed by atoms with Crippen LogP contribution in [0.2, 0.25) is 0 Å². The Hall–Kier alpha value is -0.830. The number of carbonyl (C=O) groups is 1. The Morgan fingerprint density at radius 3 is 2.57 bits per heavy atom. The molecule has 3 heteroatoms. The van der Waals surface area contributed by atoms with Crippen molar-refractivity contribution in [2.45, 2.75) is 51.9 Å². The maximum Gasteiger partial charge on any atom is 0.336 e. The molecule has 2 rings (SSSR count). The van der Waals surface area contributed by atoms with Gasteiger partial charge in [-0.05, 0) is 33.6 Å². The van der Waals surface area contributed by atoms with Crippen molar-refractivity contribution in [3.63, 3.8) is 0 Å². The van der Waals surface area contributed by atoms with Gasteiger partial charge >= 0.3 is 5.97 Å². The van der Waals surface area contributed by atoms with Gasteiger partial charge in [0.25, 0.3) is 0 Å². The van der Waals surface area contributed by atoms with Gasteiger partial charge in [-0.25, -0.2) is 4.79 Å². The third-order valence-corrected chi connectivity index (χ3v) is 3.04. The van der Waals surface area contributed by atoms with E-state index in [1.165, 1.54) is 0 Å². The molecule has 1 fully saturated rings. The van der Waals surface area contributed by atoms with Crippen LogP contribution in [-0.2, 0) is 14.3 Å². The molecule has 2 aliphatic rings. The lowest BCUT2D eigenvalue weighted by Gasteiger charge is -2.41. The summed E-state index contributed by atoms with van der Waals surface area (Å²) in [5.74, 6) is -1.04. The molecule has 0 saturated carbocycles. The van der Waals surface area contributed by atoms with Crippen LogP contribution in [0.4, 0.5) is 0 Å². The predicted octanol–water partition coefficient (Wildman–Crippen LogP) is 2.16. The molecule has 0 aliphatic carbocycles. The van der Waals surface area contributed by atoms with Crippen LogP contribution in [0.25, 0.3) is 0 Å². The Balaban J connectivity index is 2.37. The first kappa shape index (κ1) is 9.71. The van der Waals surface area contributed by atoms with E-state index in [1.54, 1.807) is 0 Å². The second kappa shape index (κ2) is 2.60. The monoisotopic (exact) mass is 196 g/mol. The van der Waals surface area contributed by atoms with Crippen molar-refractivity contribution in [3.05, 3.63) is 11.1 Å². The number of ether oxygens (including phenoxy) is 2. The Labute approximate surface area is 84.1 Å². The van der Waals surface area contributed by atoms with Gasteiger partial charge in [-0.15, -0.1) is 0 Å². The SMILES string of the molecule is CC1=C2CCC(C)(C)O[C@@]2(C)OC1=O. The minimum Gasteiger partial charge on any atom is -0.426 e. The number of hydrogen-bond donors (Lipinski definition) is 0. The van der Waals surface area contributed by atoms with E-state index in [4.69, 9.17) is 9.47 Å². The van der Waals surface area contributed by atoms with E-state index in [9.17, 15) is 4.79 Å². The average molecular weight is 196 g/mol.